The van der Waals surface area contributed by atoms with E-state index in [9.17, 15) is 9.59 Å². The van der Waals surface area contributed by atoms with Crippen molar-refractivity contribution in [3.8, 4) is 23.0 Å². The van der Waals surface area contributed by atoms with Gasteiger partial charge in [-0.2, -0.15) is 0 Å². The molecule has 0 heterocycles. The SMILES string of the molecule is COC(=O)c1cc(Cl)c(OC2CCCC2)c(OC2CCCC2)c1.COC(=O)c1cc(O)c(O)c(Cl)c1.IC1CCCC1. The van der Waals surface area contributed by atoms with Gasteiger partial charge in [-0.1, -0.05) is 58.6 Å². The Morgan fingerprint density at radius 3 is 1.62 bits per heavy atom. The van der Waals surface area contributed by atoms with Crippen LogP contribution >= 0.6 is 45.8 Å². The molecule has 3 aliphatic carbocycles. The Balaban J connectivity index is 0.000000212. The molecule has 232 valence electrons. The molecule has 0 bridgehead atoms. The van der Waals surface area contributed by atoms with Crippen molar-refractivity contribution in [1.82, 2.24) is 0 Å². The minimum atomic E-state index is -0.628. The molecule has 2 aromatic rings. The lowest BCUT2D eigenvalue weighted by atomic mass is 10.2. The molecule has 0 saturated heterocycles. The van der Waals surface area contributed by atoms with Crippen LogP contribution in [0.25, 0.3) is 0 Å². The van der Waals surface area contributed by atoms with Gasteiger partial charge in [-0.25, -0.2) is 9.59 Å². The van der Waals surface area contributed by atoms with Gasteiger partial charge in [-0.05, 0) is 88.5 Å². The van der Waals surface area contributed by atoms with Gasteiger partial charge in [0.05, 0.1) is 47.6 Å². The summed E-state index contributed by atoms with van der Waals surface area (Å²) >= 11 is 14.4. The third kappa shape index (κ3) is 10.3. The van der Waals surface area contributed by atoms with Crippen LogP contribution in [0.3, 0.4) is 0 Å². The highest BCUT2D eigenvalue weighted by atomic mass is 127. The number of aromatic hydroxyl groups is 2. The summed E-state index contributed by atoms with van der Waals surface area (Å²) in [5, 5.41) is 18.4. The van der Waals surface area contributed by atoms with E-state index in [1.807, 2.05) is 0 Å². The molecule has 3 saturated carbocycles. The summed E-state index contributed by atoms with van der Waals surface area (Å²) in [6.07, 6.45) is 15.1. The van der Waals surface area contributed by atoms with Crippen molar-refractivity contribution in [3.05, 3.63) is 45.4 Å². The van der Waals surface area contributed by atoms with E-state index in [4.69, 9.17) is 47.6 Å². The lowest BCUT2D eigenvalue weighted by Crippen LogP contribution is -2.16. The van der Waals surface area contributed by atoms with E-state index in [0.29, 0.717) is 22.1 Å². The molecule has 2 aromatic carbocycles. The van der Waals surface area contributed by atoms with E-state index in [-0.39, 0.29) is 22.8 Å². The number of ether oxygens (including phenoxy) is 4. The Kier molecular flexibility index (Phi) is 14.1. The first kappa shape index (κ1) is 34.4. The molecule has 3 aliphatic rings. The zero-order chi connectivity index (χ0) is 30.6. The summed E-state index contributed by atoms with van der Waals surface area (Å²) in [7, 11) is 2.57. The zero-order valence-electron chi connectivity index (χ0n) is 24.0. The Morgan fingerprint density at radius 2 is 1.17 bits per heavy atom. The second-order valence-electron chi connectivity index (χ2n) is 10.5. The highest BCUT2D eigenvalue weighted by Gasteiger charge is 2.25. The van der Waals surface area contributed by atoms with Crippen molar-refractivity contribution >= 4 is 57.7 Å². The summed E-state index contributed by atoms with van der Waals surface area (Å²) in [5.41, 5.74) is 0.479. The largest absolute Gasteiger partial charge is 0.504 e. The number of rotatable bonds is 6. The number of methoxy groups -OCH3 is 2. The average molecular weight is 737 g/mol. The van der Waals surface area contributed by atoms with E-state index in [1.165, 1.54) is 71.7 Å². The topological polar surface area (TPSA) is 112 Å². The Labute approximate surface area is 271 Å². The molecule has 0 aliphatic heterocycles. The number of hydrogen-bond acceptors (Lipinski definition) is 8. The van der Waals surface area contributed by atoms with Crippen molar-refractivity contribution in [2.45, 2.75) is 93.2 Å². The van der Waals surface area contributed by atoms with Gasteiger partial charge in [-0.3, -0.25) is 0 Å². The summed E-state index contributed by atoms with van der Waals surface area (Å²) in [5.74, 6) is -0.815. The van der Waals surface area contributed by atoms with Crippen LogP contribution in [-0.2, 0) is 9.47 Å². The maximum Gasteiger partial charge on any atom is 0.338 e. The van der Waals surface area contributed by atoms with Crippen molar-refractivity contribution < 1.29 is 38.7 Å². The number of alkyl halides is 1. The molecule has 0 unspecified atom stereocenters. The maximum absolute atomic E-state index is 11.8. The number of benzene rings is 2. The van der Waals surface area contributed by atoms with Crippen LogP contribution < -0.4 is 9.47 Å². The minimum absolute atomic E-state index is 0.0859. The lowest BCUT2D eigenvalue weighted by molar-refractivity contribution is 0.0591. The number of carbonyl (C=O) groups is 2. The molecule has 0 atom stereocenters. The number of halogens is 3. The molecule has 42 heavy (non-hydrogen) atoms. The van der Waals surface area contributed by atoms with E-state index in [2.05, 4.69) is 27.3 Å². The number of esters is 2. The van der Waals surface area contributed by atoms with Gasteiger partial charge in [0.15, 0.2) is 23.0 Å². The van der Waals surface area contributed by atoms with Crippen molar-refractivity contribution in [1.29, 1.82) is 0 Å². The molecular weight excluding hydrogens is 698 g/mol. The normalized spacial score (nSPS) is 17.1. The smallest absolute Gasteiger partial charge is 0.338 e. The first-order chi connectivity index (χ1) is 20.1. The first-order valence-electron chi connectivity index (χ1n) is 14.3. The first-order valence-corrected chi connectivity index (χ1v) is 16.3. The molecule has 0 radical (unpaired) electrons. The predicted molar refractivity (Wildman–Crippen MR) is 171 cm³/mol. The molecule has 0 aromatic heterocycles. The molecule has 0 amide bonds. The average Bonchev–Trinajstić information content (AvgIpc) is 3.78. The zero-order valence-corrected chi connectivity index (χ0v) is 27.7. The van der Waals surface area contributed by atoms with E-state index < -0.39 is 23.4 Å². The quantitative estimate of drug-likeness (QED) is 0.131. The van der Waals surface area contributed by atoms with Crippen LogP contribution in [-0.4, -0.2) is 52.5 Å². The number of phenolic OH excluding ortho intramolecular Hbond substituents is 2. The highest BCUT2D eigenvalue weighted by molar-refractivity contribution is 14.1. The van der Waals surface area contributed by atoms with Crippen LogP contribution in [0.4, 0.5) is 0 Å². The molecule has 5 rings (SSSR count). The molecule has 3 fully saturated rings. The van der Waals surface area contributed by atoms with Gasteiger partial charge in [0.25, 0.3) is 0 Å². The molecule has 0 spiro atoms. The Morgan fingerprint density at radius 1 is 0.714 bits per heavy atom. The van der Waals surface area contributed by atoms with Crippen LogP contribution in [0.5, 0.6) is 23.0 Å². The van der Waals surface area contributed by atoms with E-state index in [0.717, 1.165) is 35.7 Å². The molecular formula is C31H39Cl2IO8. The number of carbonyl (C=O) groups excluding carboxylic acids is 2. The third-order valence-corrected chi connectivity index (χ3v) is 9.18. The fraction of sp³-hybridized carbons (Fsp3) is 0.548. The van der Waals surface area contributed by atoms with Crippen molar-refractivity contribution in [2.75, 3.05) is 14.2 Å². The number of hydrogen-bond donors (Lipinski definition) is 2. The van der Waals surface area contributed by atoms with Gasteiger partial charge in [-0.15, -0.1) is 0 Å². The summed E-state index contributed by atoms with van der Waals surface area (Å²) in [6.45, 7) is 0. The van der Waals surface area contributed by atoms with Crippen molar-refractivity contribution in [2.24, 2.45) is 0 Å². The molecule has 2 N–H and O–H groups in total. The summed E-state index contributed by atoms with van der Waals surface area (Å²) in [6, 6.07) is 5.58. The van der Waals surface area contributed by atoms with Crippen LogP contribution in [0.1, 0.15) is 97.8 Å². The fourth-order valence-electron chi connectivity index (χ4n) is 5.06. The number of phenols is 2. The van der Waals surface area contributed by atoms with Crippen LogP contribution in [0.15, 0.2) is 24.3 Å². The monoisotopic (exact) mass is 736 g/mol. The van der Waals surface area contributed by atoms with Crippen LogP contribution in [0.2, 0.25) is 10.0 Å². The van der Waals surface area contributed by atoms with E-state index >= 15 is 0 Å². The minimum Gasteiger partial charge on any atom is -0.504 e. The van der Waals surface area contributed by atoms with Crippen LogP contribution in [0, 0.1) is 0 Å². The highest BCUT2D eigenvalue weighted by Crippen LogP contribution is 2.41. The Hall–Kier alpha value is -2.11. The van der Waals surface area contributed by atoms with Gasteiger partial charge in [0.2, 0.25) is 0 Å². The third-order valence-electron chi connectivity index (χ3n) is 7.36. The second kappa shape index (κ2) is 17.3. The maximum atomic E-state index is 11.8. The summed E-state index contributed by atoms with van der Waals surface area (Å²) in [4.78, 5) is 22.8. The van der Waals surface area contributed by atoms with E-state index in [1.54, 1.807) is 12.1 Å². The van der Waals surface area contributed by atoms with Gasteiger partial charge in [0.1, 0.15) is 0 Å². The standard InChI is InChI=1S/C18H23ClO4.C8H7ClO4.C5H9I/c1-21-18(20)12-10-15(19)17(23-14-8-4-5-9-14)16(11-12)22-13-6-2-3-7-13;1-13-8(12)4-2-5(9)7(11)6(10)3-4;6-5-3-1-2-4-5/h10-11,13-14H,2-9H2,1H3;2-3,10-11H,1H3;5H,1-4H2. The molecule has 8 nitrogen and oxygen atoms in total. The molecule has 11 heteroatoms. The second-order valence-corrected chi connectivity index (χ2v) is 13.1. The summed E-state index contributed by atoms with van der Waals surface area (Å²) < 4.78 is 22.4. The van der Waals surface area contributed by atoms with Crippen molar-refractivity contribution in [3.63, 3.8) is 0 Å². The fourth-order valence-corrected chi connectivity index (χ4v) is 6.41. The van der Waals surface area contributed by atoms with Gasteiger partial charge in [0, 0.05) is 3.92 Å². The lowest BCUT2D eigenvalue weighted by Gasteiger charge is -2.21. The Bertz CT molecular complexity index is 1170. The van der Waals surface area contributed by atoms with Gasteiger partial charge < -0.3 is 29.2 Å². The van der Waals surface area contributed by atoms with Gasteiger partial charge >= 0.3 is 11.9 Å². The predicted octanol–water partition coefficient (Wildman–Crippen LogP) is 8.67.